The van der Waals surface area contributed by atoms with E-state index in [1.165, 1.54) is 0 Å². The van der Waals surface area contributed by atoms with Crippen LogP contribution in [0.25, 0.3) is 0 Å². The number of piperidine rings is 1. The number of aromatic nitrogens is 1. The minimum atomic E-state index is -3.61. The quantitative estimate of drug-likeness (QED) is 0.765. The number of carbonyl (C=O) groups excluding carboxylic acids is 1. The van der Waals surface area contributed by atoms with Gasteiger partial charge in [-0.25, -0.2) is 8.42 Å². The summed E-state index contributed by atoms with van der Waals surface area (Å²) < 4.78 is 28.2. The van der Waals surface area contributed by atoms with E-state index in [1.54, 1.807) is 41.0 Å². The number of sulfonamides is 1. The highest BCUT2D eigenvalue weighted by molar-refractivity contribution is 7.89. The number of benzene rings is 1. The van der Waals surface area contributed by atoms with Gasteiger partial charge in [-0.15, -0.1) is 0 Å². The molecule has 172 valence electrons. The minimum Gasteiger partial charge on any atom is -0.356 e. The zero-order valence-electron chi connectivity index (χ0n) is 18.4. The number of rotatable bonds is 4. The summed E-state index contributed by atoms with van der Waals surface area (Å²) in [5, 5.41) is 3.11. The molecule has 8 heteroatoms. The topological polar surface area (TPSA) is 82.6 Å². The van der Waals surface area contributed by atoms with Crippen molar-refractivity contribution in [3.63, 3.8) is 0 Å². The first kappa shape index (κ1) is 22.9. The Labute approximate surface area is 190 Å². The van der Waals surface area contributed by atoms with Crippen molar-refractivity contribution in [3.8, 4) is 0 Å². The first-order valence-corrected chi connectivity index (χ1v) is 13.0. The summed E-state index contributed by atoms with van der Waals surface area (Å²) in [5.41, 5.74) is 1.12. The SMILES string of the molecule is O=C1NCCCCCCN(Cc2ccncc2)[C@@H]2CN(S(=O)(=O)c3ccccc3)CC[C@@H]12. The van der Waals surface area contributed by atoms with Gasteiger partial charge in [0.15, 0.2) is 0 Å². The summed E-state index contributed by atoms with van der Waals surface area (Å²) in [4.78, 5) is 19.8. The molecule has 2 aliphatic heterocycles. The van der Waals surface area contributed by atoms with Crippen LogP contribution in [0.1, 0.15) is 37.7 Å². The van der Waals surface area contributed by atoms with E-state index in [4.69, 9.17) is 0 Å². The molecule has 1 N–H and O–H groups in total. The third-order valence-corrected chi connectivity index (χ3v) is 8.42. The molecule has 0 aliphatic carbocycles. The Balaban J connectivity index is 1.63. The van der Waals surface area contributed by atoms with Crippen LogP contribution in [-0.4, -0.2) is 60.7 Å². The van der Waals surface area contributed by atoms with E-state index < -0.39 is 10.0 Å². The highest BCUT2D eigenvalue weighted by atomic mass is 32.2. The normalized spacial score (nSPS) is 24.2. The predicted molar refractivity (Wildman–Crippen MR) is 123 cm³/mol. The molecule has 32 heavy (non-hydrogen) atoms. The molecule has 7 nitrogen and oxygen atoms in total. The van der Waals surface area contributed by atoms with Crippen LogP contribution in [0.2, 0.25) is 0 Å². The second-order valence-electron chi connectivity index (χ2n) is 8.67. The second kappa shape index (κ2) is 10.6. The molecule has 0 saturated carbocycles. The minimum absolute atomic E-state index is 0.0494. The van der Waals surface area contributed by atoms with Gasteiger partial charge >= 0.3 is 0 Å². The van der Waals surface area contributed by atoms with Crippen molar-refractivity contribution in [3.05, 3.63) is 60.4 Å². The van der Waals surface area contributed by atoms with E-state index in [-0.39, 0.29) is 17.9 Å². The molecule has 2 aromatic rings. The lowest BCUT2D eigenvalue weighted by Crippen LogP contribution is -2.57. The Kier molecular flexibility index (Phi) is 7.55. The molecule has 2 fully saturated rings. The van der Waals surface area contributed by atoms with Crippen LogP contribution in [0.5, 0.6) is 0 Å². The Hall–Kier alpha value is -2.29. The van der Waals surface area contributed by atoms with E-state index in [0.29, 0.717) is 37.5 Å². The standard InChI is InChI=1S/C24H32N4O3S/c29-24-22-12-17-28(32(30,31)21-8-4-3-5-9-21)19-23(22)27(16-7-2-1-6-13-26-24)18-20-10-14-25-15-11-20/h3-5,8-11,14-15,22-23H,1-2,6-7,12-13,16-19H2,(H,26,29)/t22-,23-/m1/s1. The third-order valence-electron chi connectivity index (χ3n) is 6.54. The van der Waals surface area contributed by atoms with Gasteiger partial charge in [-0.2, -0.15) is 4.31 Å². The molecule has 3 heterocycles. The van der Waals surface area contributed by atoms with Crippen molar-refractivity contribution in [2.24, 2.45) is 5.92 Å². The Morgan fingerprint density at radius 1 is 0.969 bits per heavy atom. The summed E-state index contributed by atoms with van der Waals surface area (Å²) in [5.74, 6) is -0.175. The van der Waals surface area contributed by atoms with Crippen LogP contribution in [0, 0.1) is 5.92 Å². The molecule has 4 rings (SSSR count). The average molecular weight is 457 g/mol. The third kappa shape index (κ3) is 5.36. The molecule has 0 radical (unpaired) electrons. The lowest BCUT2D eigenvalue weighted by atomic mass is 9.90. The number of nitrogens with one attached hydrogen (secondary N) is 1. The highest BCUT2D eigenvalue weighted by Gasteiger charge is 2.41. The molecular weight excluding hydrogens is 424 g/mol. The maximum Gasteiger partial charge on any atom is 0.243 e. The van der Waals surface area contributed by atoms with Gasteiger partial charge in [0, 0.05) is 44.6 Å². The van der Waals surface area contributed by atoms with Crippen molar-refractivity contribution in [2.75, 3.05) is 26.2 Å². The van der Waals surface area contributed by atoms with Gasteiger partial charge in [0.2, 0.25) is 15.9 Å². The van der Waals surface area contributed by atoms with Gasteiger partial charge in [-0.1, -0.05) is 31.0 Å². The number of fused-ring (bicyclic) bond motifs is 1. The van der Waals surface area contributed by atoms with Crippen LogP contribution in [0.4, 0.5) is 0 Å². The lowest BCUT2D eigenvalue weighted by molar-refractivity contribution is -0.129. The first-order chi connectivity index (χ1) is 15.6. The zero-order chi connectivity index (χ0) is 22.4. The van der Waals surface area contributed by atoms with Gasteiger partial charge in [0.25, 0.3) is 0 Å². The Bertz CT molecular complexity index is 985. The number of carbonyl (C=O) groups is 1. The summed E-state index contributed by atoms with van der Waals surface area (Å²) in [6, 6.07) is 12.4. The average Bonchev–Trinajstić information content (AvgIpc) is 2.86. The summed E-state index contributed by atoms with van der Waals surface area (Å²) >= 11 is 0. The number of nitrogens with zero attached hydrogens (tertiary/aromatic N) is 3. The molecule has 1 aromatic carbocycles. The fourth-order valence-electron chi connectivity index (χ4n) is 4.76. The first-order valence-electron chi connectivity index (χ1n) is 11.5. The van der Waals surface area contributed by atoms with Crippen LogP contribution in [-0.2, 0) is 21.4 Å². The smallest absolute Gasteiger partial charge is 0.243 e. The largest absolute Gasteiger partial charge is 0.356 e. The number of hydrogen-bond donors (Lipinski definition) is 1. The lowest BCUT2D eigenvalue weighted by Gasteiger charge is -2.43. The van der Waals surface area contributed by atoms with Crippen molar-refractivity contribution < 1.29 is 13.2 Å². The molecular formula is C24H32N4O3S. The van der Waals surface area contributed by atoms with Crippen LogP contribution in [0.15, 0.2) is 59.8 Å². The Morgan fingerprint density at radius 3 is 2.50 bits per heavy atom. The monoisotopic (exact) mass is 456 g/mol. The molecule has 2 aliphatic rings. The maximum absolute atomic E-state index is 13.3. The van der Waals surface area contributed by atoms with E-state index in [2.05, 4.69) is 15.2 Å². The summed E-state index contributed by atoms with van der Waals surface area (Å²) in [7, 11) is -3.61. The highest BCUT2D eigenvalue weighted by Crippen LogP contribution is 2.29. The molecule has 2 atom stereocenters. The van der Waals surface area contributed by atoms with Gasteiger partial charge in [-0.3, -0.25) is 14.7 Å². The van der Waals surface area contributed by atoms with Crippen molar-refractivity contribution in [1.29, 1.82) is 0 Å². The zero-order valence-corrected chi connectivity index (χ0v) is 19.2. The molecule has 1 amide bonds. The molecule has 0 spiro atoms. The number of hydrogen-bond acceptors (Lipinski definition) is 5. The van der Waals surface area contributed by atoms with E-state index >= 15 is 0 Å². The fraction of sp³-hybridized carbons (Fsp3) is 0.500. The van der Waals surface area contributed by atoms with E-state index in [1.807, 2.05) is 18.2 Å². The van der Waals surface area contributed by atoms with Gasteiger partial charge < -0.3 is 5.32 Å². The van der Waals surface area contributed by atoms with E-state index in [0.717, 1.165) is 37.8 Å². The van der Waals surface area contributed by atoms with Gasteiger partial charge in [0.05, 0.1) is 10.8 Å². The number of amides is 1. The fourth-order valence-corrected chi connectivity index (χ4v) is 6.25. The molecule has 1 aromatic heterocycles. The Morgan fingerprint density at radius 2 is 1.72 bits per heavy atom. The molecule has 0 bridgehead atoms. The van der Waals surface area contributed by atoms with Crippen molar-refractivity contribution in [1.82, 2.24) is 19.5 Å². The summed E-state index contributed by atoms with van der Waals surface area (Å²) in [6.07, 6.45) is 8.29. The second-order valence-corrected chi connectivity index (χ2v) is 10.6. The van der Waals surface area contributed by atoms with Crippen LogP contribution in [0.3, 0.4) is 0 Å². The molecule has 0 unspecified atom stereocenters. The van der Waals surface area contributed by atoms with Crippen molar-refractivity contribution in [2.45, 2.75) is 49.6 Å². The van der Waals surface area contributed by atoms with E-state index in [9.17, 15) is 13.2 Å². The number of pyridine rings is 1. The van der Waals surface area contributed by atoms with Crippen molar-refractivity contribution >= 4 is 15.9 Å². The summed E-state index contributed by atoms with van der Waals surface area (Å²) in [6.45, 7) is 2.89. The predicted octanol–water partition coefficient (Wildman–Crippen LogP) is 2.65. The van der Waals surface area contributed by atoms with Gasteiger partial charge in [0.1, 0.15) is 0 Å². The van der Waals surface area contributed by atoms with Gasteiger partial charge in [-0.05, 0) is 55.6 Å². The molecule has 2 saturated heterocycles. The van der Waals surface area contributed by atoms with Crippen LogP contribution < -0.4 is 5.32 Å². The van der Waals surface area contributed by atoms with Crippen LogP contribution >= 0.6 is 0 Å². The maximum atomic E-state index is 13.3.